The van der Waals surface area contributed by atoms with E-state index in [9.17, 15) is 4.79 Å². The fourth-order valence-corrected chi connectivity index (χ4v) is 2.63. The lowest BCUT2D eigenvalue weighted by atomic mass is 9.94. The summed E-state index contributed by atoms with van der Waals surface area (Å²) in [5.74, 6) is 0.694. The first kappa shape index (κ1) is 14.8. The van der Waals surface area contributed by atoms with E-state index in [-0.39, 0.29) is 5.91 Å². The molecule has 0 spiro atoms. The van der Waals surface area contributed by atoms with Crippen molar-refractivity contribution in [2.45, 2.75) is 19.3 Å². The third-order valence-electron chi connectivity index (χ3n) is 4.01. The molecule has 0 bridgehead atoms. The Kier molecular flexibility index (Phi) is 5.35. The average Bonchev–Trinajstić information content (AvgIpc) is 2.49. The number of carbonyl (C=O) groups is 1. The Bertz CT molecular complexity index is 441. The number of aromatic nitrogens is 1. The lowest BCUT2D eigenvalue weighted by molar-refractivity contribution is 0.0949. The van der Waals surface area contributed by atoms with Gasteiger partial charge >= 0.3 is 0 Å². The second-order valence-corrected chi connectivity index (χ2v) is 5.46. The van der Waals surface area contributed by atoms with Gasteiger partial charge in [0, 0.05) is 31.7 Å². The normalized spacial score (nSPS) is 16.9. The monoisotopic (exact) mass is 276 g/mol. The highest BCUT2D eigenvalue weighted by Crippen LogP contribution is 2.19. The molecule has 20 heavy (non-hydrogen) atoms. The summed E-state index contributed by atoms with van der Waals surface area (Å²) in [6.45, 7) is 3.08. The van der Waals surface area contributed by atoms with Gasteiger partial charge in [-0.3, -0.25) is 9.78 Å². The Balaban J connectivity index is 1.78. The number of hydrogen-bond donors (Lipinski definition) is 2. The van der Waals surface area contributed by atoms with Gasteiger partial charge in [-0.15, -0.1) is 0 Å². The smallest absolute Gasteiger partial charge is 0.254 e. The minimum atomic E-state index is -0.0459. The van der Waals surface area contributed by atoms with Crippen LogP contribution in [0.4, 0.5) is 5.69 Å². The Labute approximate surface area is 120 Å². The minimum absolute atomic E-state index is 0.0459. The molecule has 2 N–H and O–H groups in total. The summed E-state index contributed by atoms with van der Waals surface area (Å²) in [6.07, 6.45) is 6.83. The number of piperidine rings is 1. The van der Waals surface area contributed by atoms with Crippen molar-refractivity contribution < 1.29 is 4.79 Å². The first-order chi connectivity index (χ1) is 9.70. The first-order valence-electron chi connectivity index (χ1n) is 7.29. The van der Waals surface area contributed by atoms with Crippen LogP contribution in [0.15, 0.2) is 18.5 Å². The Morgan fingerprint density at radius 1 is 1.45 bits per heavy atom. The van der Waals surface area contributed by atoms with Crippen LogP contribution in [0.1, 0.15) is 29.6 Å². The molecule has 0 aliphatic carbocycles. The van der Waals surface area contributed by atoms with Crippen LogP contribution in [-0.2, 0) is 0 Å². The molecule has 1 aliphatic rings. The van der Waals surface area contributed by atoms with Gasteiger partial charge in [-0.1, -0.05) is 0 Å². The van der Waals surface area contributed by atoms with Crippen molar-refractivity contribution in [2.24, 2.45) is 5.92 Å². The Morgan fingerprint density at radius 2 is 2.20 bits per heavy atom. The molecule has 110 valence electrons. The van der Waals surface area contributed by atoms with Crippen molar-refractivity contribution >= 4 is 11.6 Å². The summed E-state index contributed by atoms with van der Waals surface area (Å²) in [7, 11) is 3.98. The van der Waals surface area contributed by atoms with Crippen LogP contribution in [0.2, 0.25) is 0 Å². The van der Waals surface area contributed by atoms with E-state index in [1.165, 1.54) is 25.9 Å². The van der Waals surface area contributed by atoms with E-state index in [1.807, 2.05) is 13.1 Å². The third-order valence-corrected chi connectivity index (χ3v) is 4.01. The molecule has 1 aromatic heterocycles. The molecule has 5 nitrogen and oxygen atoms in total. The van der Waals surface area contributed by atoms with Crippen LogP contribution in [0.25, 0.3) is 0 Å². The molecule has 0 radical (unpaired) electrons. The maximum absolute atomic E-state index is 12.1. The standard InChI is InChI=1S/C15H24N4O/c1-16-14-4-7-17-11-13(14)15(20)18-8-3-12-5-9-19(2)10-6-12/h4,7,11-12H,3,5-6,8-10H2,1-2H3,(H,16,17)(H,18,20). The average molecular weight is 276 g/mol. The number of carbonyl (C=O) groups excluding carboxylic acids is 1. The zero-order chi connectivity index (χ0) is 14.4. The molecule has 2 rings (SSSR count). The number of rotatable bonds is 5. The fraction of sp³-hybridized carbons (Fsp3) is 0.600. The highest BCUT2D eigenvalue weighted by Gasteiger charge is 2.17. The largest absolute Gasteiger partial charge is 0.387 e. The summed E-state index contributed by atoms with van der Waals surface area (Å²) in [5, 5.41) is 6.01. The van der Waals surface area contributed by atoms with E-state index < -0.39 is 0 Å². The SMILES string of the molecule is CNc1ccncc1C(=O)NCCC1CCN(C)CC1. The summed E-state index contributed by atoms with van der Waals surface area (Å²) < 4.78 is 0. The van der Waals surface area contributed by atoms with Crippen LogP contribution in [0.5, 0.6) is 0 Å². The zero-order valence-electron chi connectivity index (χ0n) is 12.4. The van der Waals surface area contributed by atoms with Gasteiger partial charge in [0.05, 0.1) is 5.56 Å². The molecule has 1 saturated heterocycles. The Hall–Kier alpha value is -1.62. The molecular formula is C15H24N4O. The van der Waals surface area contributed by atoms with Crippen LogP contribution < -0.4 is 10.6 Å². The van der Waals surface area contributed by atoms with Crippen molar-refractivity contribution in [3.63, 3.8) is 0 Å². The summed E-state index contributed by atoms with van der Waals surface area (Å²) in [6, 6.07) is 1.81. The van der Waals surface area contributed by atoms with Gasteiger partial charge in [0.1, 0.15) is 0 Å². The van der Waals surface area contributed by atoms with Gasteiger partial charge in [-0.05, 0) is 51.4 Å². The van der Waals surface area contributed by atoms with E-state index in [2.05, 4.69) is 27.6 Å². The summed E-state index contributed by atoms with van der Waals surface area (Å²) in [5.41, 5.74) is 1.43. The second-order valence-electron chi connectivity index (χ2n) is 5.46. The number of hydrogen-bond acceptors (Lipinski definition) is 4. The quantitative estimate of drug-likeness (QED) is 0.857. The van der Waals surface area contributed by atoms with Crippen molar-refractivity contribution in [3.05, 3.63) is 24.0 Å². The highest BCUT2D eigenvalue weighted by atomic mass is 16.1. The number of amides is 1. The molecule has 1 fully saturated rings. The molecule has 5 heteroatoms. The summed E-state index contributed by atoms with van der Waals surface area (Å²) in [4.78, 5) is 18.5. The maximum atomic E-state index is 12.1. The van der Waals surface area contributed by atoms with Gasteiger partial charge in [0.15, 0.2) is 0 Å². The predicted octanol–water partition coefficient (Wildman–Crippen LogP) is 1.58. The number of likely N-dealkylation sites (tertiary alicyclic amines) is 1. The molecule has 1 amide bonds. The van der Waals surface area contributed by atoms with Gasteiger partial charge in [-0.25, -0.2) is 0 Å². The van der Waals surface area contributed by atoms with E-state index >= 15 is 0 Å². The van der Waals surface area contributed by atoms with Crippen LogP contribution >= 0.6 is 0 Å². The number of pyridine rings is 1. The molecule has 0 atom stereocenters. The van der Waals surface area contributed by atoms with E-state index in [0.717, 1.165) is 24.6 Å². The van der Waals surface area contributed by atoms with Crippen molar-refractivity contribution in [1.82, 2.24) is 15.2 Å². The second kappa shape index (κ2) is 7.24. The molecule has 1 aromatic rings. The lowest BCUT2D eigenvalue weighted by Crippen LogP contribution is -2.32. The fourth-order valence-electron chi connectivity index (χ4n) is 2.63. The predicted molar refractivity (Wildman–Crippen MR) is 81.0 cm³/mol. The van der Waals surface area contributed by atoms with Crippen molar-refractivity contribution in [3.8, 4) is 0 Å². The summed E-state index contributed by atoms with van der Waals surface area (Å²) >= 11 is 0. The molecule has 0 saturated carbocycles. The lowest BCUT2D eigenvalue weighted by Gasteiger charge is -2.28. The van der Waals surface area contributed by atoms with E-state index in [1.54, 1.807) is 12.4 Å². The number of nitrogens with one attached hydrogen (secondary N) is 2. The van der Waals surface area contributed by atoms with Crippen LogP contribution in [-0.4, -0.2) is 49.5 Å². The van der Waals surface area contributed by atoms with E-state index in [4.69, 9.17) is 0 Å². The molecule has 0 unspecified atom stereocenters. The Morgan fingerprint density at radius 3 is 2.90 bits per heavy atom. The number of nitrogens with zero attached hydrogens (tertiary/aromatic N) is 2. The highest BCUT2D eigenvalue weighted by molar-refractivity contribution is 5.99. The van der Waals surface area contributed by atoms with Crippen molar-refractivity contribution in [2.75, 3.05) is 39.0 Å². The molecule has 2 heterocycles. The van der Waals surface area contributed by atoms with Gasteiger partial charge in [0.25, 0.3) is 5.91 Å². The molecule has 1 aliphatic heterocycles. The van der Waals surface area contributed by atoms with Gasteiger partial charge < -0.3 is 15.5 Å². The van der Waals surface area contributed by atoms with Crippen LogP contribution in [0, 0.1) is 5.92 Å². The van der Waals surface area contributed by atoms with Gasteiger partial charge in [0.2, 0.25) is 0 Å². The van der Waals surface area contributed by atoms with Gasteiger partial charge in [-0.2, -0.15) is 0 Å². The first-order valence-corrected chi connectivity index (χ1v) is 7.29. The van der Waals surface area contributed by atoms with Crippen LogP contribution in [0.3, 0.4) is 0 Å². The molecular weight excluding hydrogens is 252 g/mol. The molecule has 0 aromatic carbocycles. The van der Waals surface area contributed by atoms with E-state index in [0.29, 0.717) is 5.56 Å². The number of anilines is 1. The third kappa shape index (κ3) is 3.93. The minimum Gasteiger partial charge on any atom is -0.387 e. The van der Waals surface area contributed by atoms with Crippen molar-refractivity contribution in [1.29, 1.82) is 0 Å². The topological polar surface area (TPSA) is 57.3 Å². The maximum Gasteiger partial charge on any atom is 0.254 e. The zero-order valence-corrected chi connectivity index (χ0v) is 12.4.